The van der Waals surface area contributed by atoms with E-state index in [1.54, 1.807) is 48.3 Å². The van der Waals surface area contributed by atoms with Gasteiger partial charge in [0.2, 0.25) is 10.0 Å². The van der Waals surface area contributed by atoms with Gasteiger partial charge in [0.25, 0.3) is 0 Å². The first-order chi connectivity index (χ1) is 12.7. The number of aryl methyl sites for hydroxylation is 1. The summed E-state index contributed by atoms with van der Waals surface area (Å²) in [6.45, 7) is 0. The number of imidazole rings is 1. The Morgan fingerprint density at radius 1 is 1.30 bits per heavy atom. The van der Waals surface area contributed by atoms with E-state index in [2.05, 4.69) is 4.98 Å². The summed E-state index contributed by atoms with van der Waals surface area (Å²) in [4.78, 5) is 15.2. The molecule has 1 atom stereocenters. The van der Waals surface area contributed by atoms with Crippen LogP contribution in [0, 0.1) is 0 Å². The van der Waals surface area contributed by atoms with E-state index < -0.39 is 22.0 Å². The minimum Gasteiger partial charge on any atom is -0.477 e. The first-order valence-corrected chi connectivity index (χ1v) is 10.4. The van der Waals surface area contributed by atoms with Crippen LogP contribution in [-0.4, -0.2) is 40.4 Å². The molecule has 0 saturated carbocycles. The number of rotatable bonds is 6. The average Bonchev–Trinajstić information content (AvgIpc) is 3.27. The molecule has 0 spiro atoms. The maximum atomic E-state index is 13.2. The lowest BCUT2D eigenvalue weighted by Crippen LogP contribution is -2.34. The highest BCUT2D eigenvalue weighted by Gasteiger charge is 2.35. The second-order valence-electron chi connectivity index (χ2n) is 5.79. The van der Waals surface area contributed by atoms with Crippen LogP contribution in [0.3, 0.4) is 0 Å². The summed E-state index contributed by atoms with van der Waals surface area (Å²) in [6, 6.07) is 7.32. The first kappa shape index (κ1) is 19.6. The maximum absolute atomic E-state index is 13.2. The van der Waals surface area contributed by atoms with Crippen LogP contribution in [0.1, 0.15) is 27.1 Å². The summed E-state index contributed by atoms with van der Waals surface area (Å²) in [5.41, 5.74) is 0.659. The molecule has 1 N–H and O–H groups in total. The molecule has 2 aromatic heterocycles. The Morgan fingerprint density at radius 3 is 2.52 bits per heavy atom. The van der Waals surface area contributed by atoms with Crippen LogP contribution in [0.4, 0.5) is 0 Å². The number of aromatic nitrogens is 2. The molecule has 1 aromatic carbocycles. The molecule has 0 fully saturated rings. The van der Waals surface area contributed by atoms with Gasteiger partial charge in [-0.05, 0) is 29.1 Å². The first-order valence-electron chi connectivity index (χ1n) is 7.75. The van der Waals surface area contributed by atoms with Crippen molar-refractivity contribution in [2.45, 2.75) is 10.9 Å². The number of benzene rings is 1. The molecule has 3 aromatic rings. The third-order valence-corrected chi connectivity index (χ3v) is 7.28. The van der Waals surface area contributed by atoms with Crippen molar-refractivity contribution in [1.82, 2.24) is 13.9 Å². The Kier molecular flexibility index (Phi) is 5.38. The van der Waals surface area contributed by atoms with Crippen LogP contribution in [-0.2, 0) is 17.1 Å². The van der Waals surface area contributed by atoms with Crippen molar-refractivity contribution in [1.29, 1.82) is 0 Å². The molecule has 0 saturated heterocycles. The number of carbonyl (C=O) groups is 1. The number of hydrogen-bond donors (Lipinski definition) is 1. The van der Waals surface area contributed by atoms with Gasteiger partial charge in [0.1, 0.15) is 21.6 Å². The summed E-state index contributed by atoms with van der Waals surface area (Å²) in [5, 5.41) is 11.3. The van der Waals surface area contributed by atoms with E-state index in [0.717, 1.165) is 15.6 Å². The molecule has 10 heteroatoms. The van der Waals surface area contributed by atoms with E-state index in [9.17, 15) is 18.3 Å². The zero-order valence-corrected chi connectivity index (χ0v) is 16.8. The number of hydrogen-bond acceptors (Lipinski definition) is 5. The lowest BCUT2D eigenvalue weighted by Gasteiger charge is -2.27. The van der Waals surface area contributed by atoms with Crippen molar-refractivity contribution in [3.05, 3.63) is 69.4 Å². The predicted octanol–water partition coefficient (Wildman–Crippen LogP) is 3.24. The number of halogens is 1. The topological polar surface area (TPSA) is 92.5 Å². The largest absolute Gasteiger partial charge is 0.477 e. The third-order valence-electron chi connectivity index (χ3n) is 4.13. The summed E-state index contributed by atoms with van der Waals surface area (Å²) in [5.74, 6) is -0.785. The molecule has 3 rings (SSSR count). The minimum absolute atomic E-state index is 0.225. The van der Waals surface area contributed by atoms with Crippen molar-refractivity contribution in [3.63, 3.8) is 0 Å². The van der Waals surface area contributed by atoms with Crippen LogP contribution >= 0.6 is 22.9 Å². The SMILES string of the molecule is CN([C@H](c1ccc(Cl)cc1)c1nccn1C)S(=O)(=O)c1ccsc1C(=O)O. The highest BCUT2D eigenvalue weighted by atomic mass is 35.5. The normalized spacial score (nSPS) is 13.0. The monoisotopic (exact) mass is 425 g/mol. The van der Waals surface area contributed by atoms with Crippen LogP contribution in [0.5, 0.6) is 0 Å². The summed E-state index contributed by atoms with van der Waals surface area (Å²) >= 11 is 6.83. The quantitative estimate of drug-likeness (QED) is 0.654. The fourth-order valence-corrected chi connectivity index (χ4v) is 5.42. The molecule has 0 aliphatic carbocycles. The minimum atomic E-state index is -4.10. The molecule has 0 aliphatic rings. The van der Waals surface area contributed by atoms with Gasteiger partial charge in [-0.3, -0.25) is 0 Å². The van der Waals surface area contributed by atoms with Gasteiger partial charge in [-0.25, -0.2) is 18.2 Å². The van der Waals surface area contributed by atoms with Crippen LogP contribution < -0.4 is 0 Å². The number of carboxylic acids is 1. The van der Waals surface area contributed by atoms with E-state index in [-0.39, 0.29) is 9.77 Å². The fraction of sp³-hybridized carbons (Fsp3) is 0.176. The summed E-state index contributed by atoms with van der Waals surface area (Å²) in [7, 11) is -0.923. The van der Waals surface area contributed by atoms with Gasteiger partial charge in [0.15, 0.2) is 0 Å². The molecule has 2 heterocycles. The Bertz CT molecular complexity index is 1070. The lowest BCUT2D eigenvalue weighted by atomic mass is 10.1. The van der Waals surface area contributed by atoms with Gasteiger partial charge in [-0.2, -0.15) is 4.31 Å². The molecule has 27 heavy (non-hydrogen) atoms. The van der Waals surface area contributed by atoms with Crippen molar-refractivity contribution in [3.8, 4) is 0 Å². The summed E-state index contributed by atoms with van der Waals surface area (Å²) in [6.07, 6.45) is 3.29. The molecule has 0 amide bonds. The van der Waals surface area contributed by atoms with Crippen molar-refractivity contribution < 1.29 is 18.3 Å². The summed E-state index contributed by atoms with van der Waals surface area (Å²) < 4.78 is 29.3. The molecule has 0 radical (unpaired) electrons. The highest BCUT2D eigenvalue weighted by molar-refractivity contribution is 7.89. The van der Waals surface area contributed by atoms with Gasteiger partial charge < -0.3 is 9.67 Å². The number of thiophene rings is 1. The smallest absolute Gasteiger partial charge is 0.347 e. The predicted molar refractivity (Wildman–Crippen MR) is 103 cm³/mol. The van der Waals surface area contributed by atoms with Crippen LogP contribution in [0.15, 0.2) is 53.0 Å². The van der Waals surface area contributed by atoms with E-state index in [4.69, 9.17) is 11.6 Å². The van der Waals surface area contributed by atoms with Gasteiger partial charge in [-0.1, -0.05) is 23.7 Å². The zero-order valence-electron chi connectivity index (χ0n) is 14.4. The average molecular weight is 426 g/mol. The van der Waals surface area contributed by atoms with E-state index in [1.165, 1.54) is 18.5 Å². The Balaban J connectivity index is 2.14. The number of carboxylic acid groups (broad SMARTS) is 1. The van der Waals surface area contributed by atoms with E-state index in [0.29, 0.717) is 16.4 Å². The molecular weight excluding hydrogens is 410 g/mol. The van der Waals surface area contributed by atoms with Crippen LogP contribution in [0.2, 0.25) is 5.02 Å². The molecule has 0 aliphatic heterocycles. The van der Waals surface area contributed by atoms with Gasteiger partial charge in [-0.15, -0.1) is 11.3 Å². The third kappa shape index (κ3) is 3.63. The highest BCUT2D eigenvalue weighted by Crippen LogP contribution is 2.34. The molecule has 7 nitrogen and oxygen atoms in total. The van der Waals surface area contributed by atoms with Crippen LogP contribution in [0.25, 0.3) is 0 Å². The Labute approximate surface area is 165 Å². The second kappa shape index (κ2) is 7.43. The maximum Gasteiger partial charge on any atom is 0.347 e. The van der Waals surface area contributed by atoms with Crippen molar-refractivity contribution in [2.75, 3.05) is 7.05 Å². The lowest BCUT2D eigenvalue weighted by molar-refractivity contribution is 0.0698. The number of nitrogens with zero attached hydrogens (tertiary/aromatic N) is 3. The standard InChI is InChI=1S/C17H16ClN3O4S2/c1-20-9-8-19-16(20)14(11-3-5-12(18)6-4-11)21(2)27(24,25)13-7-10-26-15(13)17(22)23/h3-10,14H,1-2H3,(H,22,23)/t14-/m1/s1. The Hall–Kier alpha value is -2.20. The van der Waals surface area contributed by atoms with Gasteiger partial charge in [0, 0.05) is 31.5 Å². The molecular formula is C17H16ClN3O4S2. The van der Waals surface area contributed by atoms with E-state index in [1.807, 2.05) is 0 Å². The van der Waals surface area contributed by atoms with Crippen molar-refractivity contribution >= 4 is 38.9 Å². The number of aromatic carboxylic acids is 1. The molecule has 142 valence electrons. The Morgan fingerprint density at radius 2 is 1.96 bits per heavy atom. The van der Waals surface area contributed by atoms with Gasteiger partial charge in [0.05, 0.1) is 0 Å². The van der Waals surface area contributed by atoms with Crippen molar-refractivity contribution in [2.24, 2.45) is 7.05 Å². The second-order valence-corrected chi connectivity index (χ2v) is 9.11. The molecule has 0 bridgehead atoms. The van der Waals surface area contributed by atoms with Gasteiger partial charge >= 0.3 is 5.97 Å². The molecule has 0 unspecified atom stereocenters. The zero-order chi connectivity index (χ0) is 19.8. The van der Waals surface area contributed by atoms with E-state index >= 15 is 0 Å². The number of sulfonamides is 1. The fourth-order valence-electron chi connectivity index (χ4n) is 2.76.